The van der Waals surface area contributed by atoms with E-state index in [2.05, 4.69) is 16.0 Å². The predicted molar refractivity (Wildman–Crippen MR) is 147 cm³/mol. The number of rotatable bonds is 6. The number of nitrogens with zero attached hydrogens (tertiary/aromatic N) is 1. The van der Waals surface area contributed by atoms with Crippen LogP contribution in [0.1, 0.15) is 55.5 Å². The molecule has 5 rings (SSSR count). The molecule has 2 fully saturated rings. The van der Waals surface area contributed by atoms with Gasteiger partial charge in [-0.25, -0.2) is 4.79 Å². The Morgan fingerprint density at radius 2 is 1.77 bits per heavy atom. The summed E-state index contributed by atoms with van der Waals surface area (Å²) in [5, 5.41) is 9.42. The van der Waals surface area contributed by atoms with Crippen LogP contribution in [0.3, 0.4) is 0 Å². The number of Topliss-reactive ketones (excluding diaryl/α,β-unsaturated/α-hetero) is 1. The van der Waals surface area contributed by atoms with E-state index in [9.17, 15) is 19.2 Å². The molecule has 1 aliphatic carbocycles. The molecule has 39 heavy (non-hydrogen) atoms. The van der Waals surface area contributed by atoms with Gasteiger partial charge in [-0.1, -0.05) is 37.5 Å². The van der Waals surface area contributed by atoms with E-state index in [4.69, 9.17) is 9.15 Å². The first-order valence-corrected chi connectivity index (χ1v) is 13.3. The van der Waals surface area contributed by atoms with Gasteiger partial charge in [0.2, 0.25) is 5.91 Å². The Hall–Kier alpha value is -4.34. The molecule has 1 saturated heterocycles. The summed E-state index contributed by atoms with van der Waals surface area (Å²) in [5.74, 6) is -0.501. The normalized spacial score (nSPS) is 16.9. The van der Waals surface area contributed by atoms with E-state index in [0.29, 0.717) is 48.5 Å². The summed E-state index contributed by atoms with van der Waals surface area (Å²) in [6.07, 6.45) is 4.15. The van der Waals surface area contributed by atoms with Crippen LogP contribution in [0.4, 0.5) is 21.9 Å². The third-order valence-electron chi connectivity index (χ3n) is 7.41. The molecular weight excluding hydrogens is 500 g/mol. The number of para-hydroxylation sites is 1. The number of ketones is 1. The van der Waals surface area contributed by atoms with Gasteiger partial charge in [0.05, 0.1) is 25.0 Å². The Labute approximate surface area is 226 Å². The third-order valence-corrected chi connectivity index (χ3v) is 7.41. The molecule has 2 heterocycles. The number of piperidine rings is 1. The van der Waals surface area contributed by atoms with Crippen molar-refractivity contribution >= 4 is 51.7 Å². The minimum Gasteiger partial charge on any atom is -0.453 e. The number of hydrogen-bond acceptors (Lipinski definition) is 7. The van der Waals surface area contributed by atoms with Gasteiger partial charge in [-0.2, -0.15) is 0 Å². The van der Waals surface area contributed by atoms with Crippen LogP contribution in [0.25, 0.3) is 11.0 Å². The highest BCUT2D eigenvalue weighted by Crippen LogP contribution is 2.34. The second-order valence-corrected chi connectivity index (χ2v) is 10.1. The lowest BCUT2D eigenvalue weighted by Gasteiger charge is -2.36. The predicted octanol–water partition coefficient (Wildman–Crippen LogP) is 4.85. The van der Waals surface area contributed by atoms with Gasteiger partial charge >= 0.3 is 6.09 Å². The second-order valence-electron chi connectivity index (χ2n) is 10.1. The number of fused-ring (bicyclic) bond motifs is 1. The van der Waals surface area contributed by atoms with Gasteiger partial charge in [0.25, 0.3) is 5.91 Å². The Morgan fingerprint density at radius 3 is 2.51 bits per heavy atom. The van der Waals surface area contributed by atoms with E-state index >= 15 is 0 Å². The fraction of sp³-hybridized carbons (Fsp3) is 0.379. The van der Waals surface area contributed by atoms with Gasteiger partial charge in [0, 0.05) is 24.0 Å². The molecule has 2 aromatic carbocycles. The van der Waals surface area contributed by atoms with E-state index in [0.717, 1.165) is 31.1 Å². The zero-order valence-corrected chi connectivity index (χ0v) is 21.9. The molecule has 1 aromatic heterocycles. The van der Waals surface area contributed by atoms with Crippen LogP contribution in [0, 0.1) is 0 Å². The molecule has 0 radical (unpaired) electrons. The van der Waals surface area contributed by atoms with Crippen LogP contribution in [0.15, 0.2) is 52.9 Å². The Balaban J connectivity index is 1.38. The van der Waals surface area contributed by atoms with Gasteiger partial charge in [0.15, 0.2) is 11.5 Å². The molecule has 10 nitrogen and oxygen atoms in total. The van der Waals surface area contributed by atoms with Crippen molar-refractivity contribution in [1.29, 1.82) is 0 Å². The van der Waals surface area contributed by atoms with Crippen molar-refractivity contribution < 1.29 is 28.3 Å². The number of benzene rings is 2. The van der Waals surface area contributed by atoms with Gasteiger partial charge in [-0.15, -0.1) is 0 Å². The molecular formula is C29H32N4O6. The fourth-order valence-corrected chi connectivity index (χ4v) is 5.38. The first-order chi connectivity index (χ1) is 18.9. The zero-order chi connectivity index (χ0) is 27.4. The number of furan rings is 1. The molecule has 0 bridgehead atoms. The van der Waals surface area contributed by atoms with Crippen molar-refractivity contribution in [2.24, 2.45) is 0 Å². The first-order valence-electron chi connectivity index (χ1n) is 13.3. The van der Waals surface area contributed by atoms with Crippen LogP contribution in [-0.4, -0.2) is 49.4 Å². The molecule has 1 saturated carbocycles. The molecule has 3 N–H and O–H groups in total. The topological polar surface area (TPSA) is 130 Å². The number of nitrogens with one attached hydrogen (secondary N) is 3. The lowest BCUT2D eigenvalue weighted by Crippen LogP contribution is -2.57. The van der Waals surface area contributed by atoms with Crippen LogP contribution < -0.4 is 20.9 Å². The number of ether oxygens (including phenoxy) is 1. The lowest BCUT2D eigenvalue weighted by molar-refractivity contribution is -0.123. The number of methoxy groups -OCH3 is 1. The maximum absolute atomic E-state index is 13.7. The maximum atomic E-state index is 13.7. The number of carbonyl (C=O) groups excluding carboxylic acids is 4. The Kier molecular flexibility index (Phi) is 7.53. The monoisotopic (exact) mass is 532 g/mol. The number of amides is 3. The molecule has 1 aliphatic heterocycles. The molecule has 0 spiro atoms. The van der Waals surface area contributed by atoms with Crippen LogP contribution in [0.2, 0.25) is 0 Å². The maximum Gasteiger partial charge on any atom is 0.411 e. The SMILES string of the molecule is COC(=O)Nc1cc(NC(=O)C2(NC(=O)c3cc4ccccc4o3)CCCCC2)ccc1N1CCCC(=O)C1. The minimum atomic E-state index is -1.11. The van der Waals surface area contributed by atoms with E-state index in [1.807, 2.05) is 23.1 Å². The Morgan fingerprint density at radius 1 is 0.974 bits per heavy atom. The third kappa shape index (κ3) is 5.74. The Bertz CT molecular complexity index is 1370. The molecule has 3 amide bonds. The van der Waals surface area contributed by atoms with Crippen molar-refractivity contribution in [1.82, 2.24) is 5.32 Å². The van der Waals surface area contributed by atoms with Crippen molar-refractivity contribution in [3.05, 3.63) is 54.3 Å². The highest BCUT2D eigenvalue weighted by Gasteiger charge is 2.41. The summed E-state index contributed by atoms with van der Waals surface area (Å²) in [6, 6.07) is 14.2. The minimum absolute atomic E-state index is 0.127. The van der Waals surface area contributed by atoms with Crippen molar-refractivity contribution in [3.63, 3.8) is 0 Å². The van der Waals surface area contributed by atoms with E-state index < -0.39 is 17.5 Å². The summed E-state index contributed by atoms with van der Waals surface area (Å²) in [5.41, 5.74) is 1.02. The highest BCUT2D eigenvalue weighted by atomic mass is 16.5. The van der Waals surface area contributed by atoms with Crippen LogP contribution >= 0.6 is 0 Å². The number of hydrogen-bond donors (Lipinski definition) is 3. The first kappa shape index (κ1) is 26.3. The van der Waals surface area contributed by atoms with Crippen molar-refractivity contribution in [2.45, 2.75) is 50.5 Å². The molecule has 10 heteroatoms. The van der Waals surface area contributed by atoms with E-state index in [-0.39, 0.29) is 24.0 Å². The van der Waals surface area contributed by atoms with Crippen LogP contribution in [0.5, 0.6) is 0 Å². The molecule has 0 unspecified atom stereocenters. The van der Waals surface area contributed by atoms with Crippen molar-refractivity contribution in [3.8, 4) is 0 Å². The molecule has 2 aliphatic rings. The van der Waals surface area contributed by atoms with Crippen molar-refractivity contribution in [2.75, 3.05) is 35.7 Å². The number of anilines is 3. The average Bonchev–Trinajstić information content (AvgIpc) is 3.38. The highest BCUT2D eigenvalue weighted by molar-refractivity contribution is 6.05. The fourth-order valence-electron chi connectivity index (χ4n) is 5.38. The second kappa shape index (κ2) is 11.2. The number of carbonyl (C=O) groups is 4. The van der Waals surface area contributed by atoms with Crippen LogP contribution in [-0.2, 0) is 14.3 Å². The van der Waals surface area contributed by atoms with Gasteiger partial charge < -0.3 is 24.7 Å². The largest absolute Gasteiger partial charge is 0.453 e. The van der Waals surface area contributed by atoms with E-state index in [1.54, 1.807) is 30.3 Å². The summed E-state index contributed by atoms with van der Waals surface area (Å²) in [4.78, 5) is 53.0. The zero-order valence-electron chi connectivity index (χ0n) is 21.9. The average molecular weight is 533 g/mol. The summed E-state index contributed by atoms with van der Waals surface area (Å²) in [6.45, 7) is 0.919. The van der Waals surface area contributed by atoms with Gasteiger partial charge in [-0.05, 0) is 49.6 Å². The summed E-state index contributed by atoms with van der Waals surface area (Å²) in [7, 11) is 1.27. The quantitative estimate of drug-likeness (QED) is 0.414. The summed E-state index contributed by atoms with van der Waals surface area (Å²) < 4.78 is 10.5. The standard InChI is InChI=1S/C29H32N4O6/c1-38-28(37)31-22-17-20(11-12-23(22)33-15-7-9-21(34)18-33)30-27(36)29(13-5-2-6-14-29)32-26(35)25-16-19-8-3-4-10-24(19)39-25/h3-4,8,10-12,16-17H,2,5-7,9,13-15,18H2,1H3,(H,30,36)(H,31,37)(H,32,35). The lowest BCUT2D eigenvalue weighted by atomic mass is 9.80. The molecule has 0 atom stereocenters. The summed E-state index contributed by atoms with van der Waals surface area (Å²) >= 11 is 0. The smallest absolute Gasteiger partial charge is 0.411 e. The van der Waals surface area contributed by atoms with Gasteiger partial charge in [0.1, 0.15) is 11.1 Å². The van der Waals surface area contributed by atoms with Gasteiger partial charge in [-0.3, -0.25) is 19.7 Å². The van der Waals surface area contributed by atoms with E-state index in [1.165, 1.54) is 7.11 Å². The molecule has 3 aromatic rings. The molecule has 204 valence electrons.